The second kappa shape index (κ2) is 6.84. The molecule has 1 amide bonds. The molecule has 0 radical (unpaired) electrons. The summed E-state index contributed by atoms with van der Waals surface area (Å²) in [5.41, 5.74) is 2.16. The number of aromatic hydroxyl groups is 1. The Morgan fingerprint density at radius 1 is 1.25 bits per heavy atom. The first-order chi connectivity index (χ1) is 11.6. The lowest BCUT2D eigenvalue weighted by molar-refractivity contribution is -0.141. The predicted molar refractivity (Wildman–Crippen MR) is 90.0 cm³/mol. The van der Waals surface area contributed by atoms with Crippen molar-refractivity contribution in [1.29, 1.82) is 0 Å². The van der Waals surface area contributed by atoms with E-state index >= 15 is 0 Å². The van der Waals surface area contributed by atoms with Crippen molar-refractivity contribution in [2.24, 2.45) is 5.10 Å². The molecule has 24 heavy (non-hydrogen) atoms. The maximum absolute atomic E-state index is 12.4. The first kappa shape index (κ1) is 16.2. The van der Waals surface area contributed by atoms with Crippen LogP contribution in [0, 0.1) is 0 Å². The minimum absolute atomic E-state index is 0.104. The van der Waals surface area contributed by atoms with Gasteiger partial charge in [0.1, 0.15) is 5.75 Å². The average molecular weight is 344 g/mol. The van der Waals surface area contributed by atoms with Crippen LogP contribution in [0.2, 0.25) is 0 Å². The van der Waals surface area contributed by atoms with Gasteiger partial charge in [-0.05, 0) is 34.5 Å². The fraction of sp³-hybridized carbons (Fsp3) is 0.235. The number of hydrogen-bond donors (Lipinski definition) is 2. The molecule has 0 fully saturated rings. The van der Waals surface area contributed by atoms with E-state index in [1.165, 1.54) is 16.3 Å². The Kier molecular flexibility index (Phi) is 4.61. The quantitative estimate of drug-likeness (QED) is 0.872. The first-order valence-electron chi connectivity index (χ1n) is 7.48. The molecule has 7 heteroatoms. The molecule has 1 atom stereocenters. The van der Waals surface area contributed by atoms with Gasteiger partial charge in [-0.3, -0.25) is 9.59 Å². The standard InChI is InChI=1S/C17H16N2O4S/c20-15-4-2-1-3-12(15)13-9-14(11-7-8-24-10-11)19(18-13)16(21)5-6-17(22)23/h1-4,7-8,10,14,20H,5-6,9H2,(H,22,23)/t14-/m0/s1. The van der Waals surface area contributed by atoms with Crippen molar-refractivity contribution >= 4 is 28.9 Å². The summed E-state index contributed by atoms with van der Waals surface area (Å²) < 4.78 is 0. The number of phenols is 1. The number of carbonyl (C=O) groups excluding carboxylic acids is 1. The minimum atomic E-state index is -1.01. The van der Waals surface area contributed by atoms with E-state index in [0.29, 0.717) is 17.7 Å². The molecular formula is C17H16N2O4S. The van der Waals surface area contributed by atoms with Gasteiger partial charge in [0.05, 0.1) is 18.2 Å². The van der Waals surface area contributed by atoms with Gasteiger partial charge >= 0.3 is 5.97 Å². The van der Waals surface area contributed by atoms with E-state index in [2.05, 4.69) is 5.10 Å². The van der Waals surface area contributed by atoms with Gasteiger partial charge in [-0.1, -0.05) is 12.1 Å². The van der Waals surface area contributed by atoms with E-state index in [1.807, 2.05) is 16.8 Å². The van der Waals surface area contributed by atoms with Crippen molar-refractivity contribution in [3.63, 3.8) is 0 Å². The number of nitrogens with zero attached hydrogens (tertiary/aromatic N) is 2. The number of amides is 1. The molecular weight excluding hydrogens is 328 g/mol. The van der Waals surface area contributed by atoms with Crippen molar-refractivity contribution in [2.45, 2.75) is 25.3 Å². The van der Waals surface area contributed by atoms with Crippen molar-refractivity contribution in [1.82, 2.24) is 5.01 Å². The third-order valence-corrected chi connectivity index (χ3v) is 4.56. The normalized spacial score (nSPS) is 16.9. The van der Waals surface area contributed by atoms with Crippen LogP contribution in [0.15, 0.2) is 46.2 Å². The van der Waals surface area contributed by atoms with Crippen LogP contribution in [0.5, 0.6) is 5.75 Å². The van der Waals surface area contributed by atoms with Crippen LogP contribution in [-0.4, -0.2) is 32.8 Å². The van der Waals surface area contributed by atoms with Gasteiger partial charge < -0.3 is 10.2 Å². The molecule has 1 aromatic heterocycles. The number of para-hydroxylation sites is 1. The second-order valence-electron chi connectivity index (χ2n) is 5.47. The molecule has 124 valence electrons. The van der Waals surface area contributed by atoms with Gasteiger partial charge in [0.25, 0.3) is 0 Å². The molecule has 0 saturated carbocycles. The lowest BCUT2D eigenvalue weighted by atomic mass is 9.99. The zero-order chi connectivity index (χ0) is 17.1. The lowest BCUT2D eigenvalue weighted by Gasteiger charge is -2.20. The van der Waals surface area contributed by atoms with Gasteiger partial charge in [-0.15, -0.1) is 0 Å². The summed E-state index contributed by atoms with van der Waals surface area (Å²) in [6.07, 6.45) is 0.147. The van der Waals surface area contributed by atoms with Crippen molar-refractivity contribution in [2.75, 3.05) is 0 Å². The molecule has 0 saturated heterocycles. The first-order valence-corrected chi connectivity index (χ1v) is 8.42. The number of benzene rings is 1. The third kappa shape index (κ3) is 3.30. The molecule has 1 aliphatic heterocycles. The Hall–Kier alpha value is -2.67. The molecule has 0 spiro atoms. The minimum Gasteiger partial charge on any atom is -0.507 e. The summed E-state index contributed by atoms with van der Waals surface area (Å²) in [6, 6.07) is 8.51. The number of carbonyl (C=O) groups is 2. The Balaban J connectivity index is 1.90. The Labute approximate surface area is 142 Å². The topological polar surface area (TPSA) is 90.2 Å². The Morgan fingerprint density at radius 3 is 2.71 bits per heavy atom. The van der Waals surface area contributed by atoms with Gasteiger partial charge in [0.2, 0.25) is 5.91 Å². The summed E-state index contributed by atoms with van der Waals surface area (Å²) in [7, 11) is 0. The zero-order valence-corrected chi connectivity index (χ0v) is 13.6. The number of hydrazone groups is 1. The van der Waals surface area contributed by atoms with Crippen molar-refractivity contribution in [3.8, 4) is 5.75 Å². The molecule has 2 aromatic rings. The highest BCUT2D eigenvalue weighted by Crippen LogP contribution is 2.35. The van der Waals surface area contributed by atoms with E-state index in [0.717, 1.165) is 5.56 Å². The van der Waals surface area contributed by atoms with E-state index in [9.17, 15) is 14.7 Å². The molecule has 1 aliphatic rings. The monoisotopic (exact) mass is 344 g/mol. The fourth-order valence-corrected chi connectivity index (χ4v) is 3.38. The van der Waals surface area contributed by atoms with E-state index in [1.54, 1.807) is 24.3 Å². The summed E-state index contributed by atoms with van der Waals surface area (Å²) in [6.45, 7) is 0. The number of hydrogen-bond acceptors (Lipinski definition) is 5. The predicted octanol–water partition coefficient (Wildman–Crippen LogP) is 3.00. The van der Waals surface area contributed by atoms with Gasteiger partial charge in [0.15, 0.2) is 0 Å². The van der Waals surface area contributed by atoms with Crippen molar-refractivity contribution < 1.29 is 19.8 Å². The molecule has 1 aromatic carbocycles. The number of phenolic OH excluding ortho intramolecular Hbond substituents is 1. The molecule has 3 rings (SSSR count). The van der Waals surface area contributed by atoms with Gasteiger partial charge in [-0.25, -0.2) is 5.01 Å². The van der Waals surface area contributed by atoms with Gasteiger partial charge in [0, 0.05) is 18.4 Å². The summed E-state index contributed by atoms with van der Waals surface area (Å²) in [5.74, 6) is -1.24. The molecule has 0 unspecified atom stereocenters. The summed E-state index contributed by atoms with van der Waals surface area (Å²) in [4.78, 5) is 23.1. The fourth-order valence-electron chi connectivity index (χ4n) is 2.67. The van der Waals surface area contributed by atoms with Crippen LogP contribution in [-0.2, 0) is 9.59 Å². The van der Waals surface area contributed by atoms with Gasteiger partial charge in [-0.2, -0.15) is 16.4 Å². The van der Waals surface area contributed by atoms with E-state index in [4.69, 9.17) is 5.11 Å². The van der Waals surface area contributed by atoms with Crippen LogP contribution in [0.4, 0.5) is 0 Å². The number of thiophene rings is 1. The smallest absolute Gasteiger partial charge is 0.303 e. The van der Waals surface area contributed by atoms with Crippen LogP contribution >= 0.6 is 11.3 Å². The zero-order valence-electron chi connectivity index (χ0n) is 12.8. The third-order valence-electron chi connectivity index (χ3n) is 3.86. The van der Waals surface area contributed by atoms with Crippen LogP contribution in [0.1, 0.15) is 36.4 Å². The average Bonchev–Trinajstić information content (AvgIpc) is 3.22. The summed E-state index contributed by atoms with van der Waals surface area (Å²) in [5, 5.41) is 28.4. The van der Waals surface area contributed by atoms with E-state index in [-0.39, 0.29) is 30.5 Å². The molecule has 2 N–H and O–H groups in total. The maximum Gasteiger partial charge on any atom is 0.303 e. The number of rotatable bonds is 5. The lowest BCUT2D eigenvalue weighted by Crippen LogP contribution is -2.27. The Morgan fingerprint density at radius 2 is 2.04 bits per heavy atom. The molecule has 0 bridgehead atoms. The molecule has 6 nitrogen and oxygen atoms in total. The second-order valence-corrected chi connectivity index (χ2v) is 6.25. The highest BCUT2D eigenvalue weighted by molar-refractivity contribution is 7.08. The number of carboxylic acids is 1. The number of aliphatic carboxylic acids is 1. The van der Waals surface area contributed by atoms with Crippen LogP contribution < -0.4 is 0 Å². The summed E-state index contributed by atoms with van der Waals surface area (Å²) >= 11 is 1.53. The maximum atomic E-state index is 12.4. The van der Waals surface area contributed by atoms with Crippen LogP contribution in [0.25, 0.3) is 0 Å². The highest BCUT2D eigenvalue weighted by Gasteiger charge is 2.33. The largest absolute Gasteiger partial charge is 0.507 e. The molecule has 2 heterocycles. The highest BCUT2D eigenvalue weighted by atomic mass is 32.1. The SMILES string of the molecule is O=C(O)CCC(=O)N1N=C(c2ccccc2O)C[C@H]1c1ccsc1. The Bertz CT molecular complexity index is 786. The van der Waals surface area contributed by atoms with Crippen molar-refractivity contribution in [3.05, 3.63) is 52.2 Å². The van der Waals surface area contributed by atoms with E-state index < -0.39 is 5.97 Å². The molecule has 0 aliphatic carbocycles. The van der Waals surface area contributed by atoms with Crippen LogP contribution in [0.3, 0.4) is 0 Å². The number of carboxylic acid groups (broad SMARTS) is 1.